The molecule has 0 radical (unpaired) electrons. The van der Waals surface area contributed by atoms with Gasteiger partial charge in [0.2, 0.25) is 5.91 Å². The number of methoxy groups -OCH3 is 1. The summed E-state index contributed by atoms with van der Waals surface area (Å²) in [5, 5.41) is 10.8. The van der Waals surface area contributed by atoms with Crippen LogP contribution in [0.4, 0.5) is 5.69 Å². The van der Waals surface area contributed by atoms with Gasteiger partial charge in [-0.1, -0.05) is 36.0 Å². The number of carbonyl (C=O) groups is 2. The second kappa shape index (κ2) is 9.74. The highest BCUT2D eigenvalue weighted by Crippen LogP contribution is 2.27. The molecule has 1 aromatic heterocycles. The van der Waals surface area contributed by atoms with E-state index in [0.717, 1.165) is 11.8 Å². The Morgan fingerprint density at radius 1 is 1.10 bits per heavy atom. The molecule has 0 aliphatic rings. The van der Waals surface area contributed by atoms with Crippen molar-refractivity contribution in [3.05, 3.63) is 60.0 Å². The van der Waals surface area contributed by atoms with Crippen molar-refractivity contribution in [1.82, 2.24) is 10.2 Å². The van der Waals surface area contributed by atoms with E-state index in [9.17, 15) is 9.59 Å². The summed E-state index contributed by atoms with van der Waals surface area (Å²) in [5.41, 5.74) is 1.09. The predicted molar refractivity (Wildman–Crippen MR) is 107 cm³/mol. The molecule has 0 fully saturated rings. The smallest absolute Gasteiger partial charge is 0.277 e. The molecular weight excluding hydrogens is 394 g/mol. The molecule has 0 spiro atoms. The number of Topliss-reactive ketones (excluding diaryl/α,β-unsaturated/α-hetero) is 1. The van der Waals surface area contributed by atoms with Crippen LogP contribution in [0.3, 0.4) is 0 Å². The SMILES string of the molecule is COc1ccccc1OCc1nnc(SCC(=O)Nc2cccc(C(C)=O)c2)o1. The Hall–Kier alpha value is -3.33. The van der Waals surface area contributed by atoms with Crippen molar-refractivity contribution in [3.8, 4) is 11.5 Å². The quantitative estimate of drug-likeness (QED) is 0.419. The van der Waals surface area contributed by atoms with Gasteiger partial charge >= 0.3 is 0 Å². The van der Waals surface area contributed by atoms with E-state index >= 15 is 0 Å². The molecule has 0 atom stereocenters. The zero-order chi connectivity index (χ0) is 20.6. The van der Waals surface area contributed by atoms with Gasteiger partial charge in [0, 0.05) is 11.3 Å². The molecule has 3 aromatic rings. The van der Waals surface area contributed by atoms with Gasteiger partial charge in [0.25, 0.3) is 11.1 Å². The molecule has 1 amide bonds. The van der Waals surface area contributed by atoms with E-state index < -0.39 is 0 Å². The van der Waals surface area contributed by atoms with E-state index in [1.165, 1.54) is 6.92 Å². The number of ether oxygens (including phenoxy) is 2. The van der Waals surface area contributed by atoms with Crippen molar-refractivity contribution in [2.24, 2.45) is 0 Å². The molecule has 0 aliphatic heterocycles. The fourth-order valence-electron chi connectivity index (χ4n) is 2.37. The molecule has 0 bridgehead atoms. The minimum absolute atomic E-state index is 0.0656. The van der Waals surface area contributed by atoms with E-state index in [1.54, 1.807) is 43.5 Å². The van der Waals surface area contributed by atoms with Crippen LogP contribution < -0.4 is 14.8 Å². The Bertz CT molecular complexity index is 1010. The first-order chi connectivity index (χ1) is 14.0. The third kappa shape index (κ3) is 5.82. The van der Waals surface area contributed by atoms with Gasteiger partial charge in [0.1, 0.15) is 0 Å². The molecule has 3 rings (SSSR count). The summed E-state index contributed by atoms with van der Waals surface area (Å²) in [6, 6.07) is 14.0. The van der Waals surface area contributed by atoms with Crippen LogP contribution in [0.1, 0.15) is 23.2 Å². The van der Waals surface area contributed by atoms with Crippen molar-refractivity contribution >= 4 is 29.1 Å². The standard InChI is InChI=1S/C20H19N3O5S/c1-13(24)14-6-5-7-15(10-14)21-18(25)12-29-20-23-22-19(28-20)11-27-17-9-4-3-8-16(17)26-2/h3-10H,11-12H2,1-2H3,(H,21,25). The Kier molecular flexibility index (Phi) is 6.85. The van der Waals surface area contributed by atoms with Crippen LogP contribution in [0.5, 0.6) is 11.5 Å². The molecule has 8 nitrogen and oxygen atoms in total. The highest BCUT2D eigenvalue weighted by Gasteiger charge is 2.12. The first-order valence-corrected chi connectivity index (χ1v) is 9.65. The monoisotopic (exact) mass is 413 g/mol. The second-order valence-corrected chi connectivity index (χ2v) is 6.80. The van der Waals surface area contributed by atoms with Crippen LogP contribution in [0.25, 0.3) is 0 Å². The van der Waals surface area contributed by atoms with E-state index in [2.05, 4.69) is 15.5 Å². The summed E-state index contributed by atoms with van der Waals surface area (Å²) in [6.07, 6.45) is 0. The molecule has 1 N–H and O–H groups in total. The van der Waals surface area contributed by atoms with Gasteiger partial charge in [-0.3, -0.25) is 9.59 Å². The first-order valence-electron chi connectivity index (χ1n) is 8.67. The Morgan fingerprint density at radius 2 is 1.90 bits per heavy atom. The lowest BCUT2D eigenvalue weighted by Gasteiger charge is -2.08. The molecule has 1 heterocycles. The Balaban J connectivity index is 1.49. The van der Waals surface area contributed by atoms with Crippen molar-refractivity contribution < 1.29 is 23.5 Å². The topological polar surface area (TPSA) is 104 Å². The fourth-order valence-corrected chi connectivity index (χ4v) is 2.95. The number of thioether (sulfide) groups is 1. The number of nitrogens with one attached hydrogen (secondary N) is 1. The van der Waals surface area contributed by atoms with E-state index in [-0.39, 0.29) is 35.2 Å². The number of ketones is 1. The number of hydrogen-bond acceptors (Lipinski definition) is 8. The molecule has 0 unspecified atom stereocenters. The summed E-state index contributed by atoms with van der Waals surface area (Å²) in [7, 11) is 1.56. The van der Waals surface area contributed by atoms with Crippen molar-refractivity contribution in [3.63, 3.8) is 0 Å². The third-order valence-electron chi connectivity index (χ3n) is 3.75. The third-order valence-corrected chi connectivity index (χ3v) is 4.57. The van der Waals surface area contributed by atoms with Gasteiger partial charge in [-0.2, -0.15) is 0 Å². The molecule has 0 saturated carbocycles. The van der Waals surface area contributed by atoms with Crippen LogP contribution >= 0.6 is 11.8 Å². The maximum atomic E-state index is 12.1. The Morgan fingerprint density at radius 3 is 2.66 bits per heavy atom. The number of aromatic nitrogens is 2. The van der Waals surface area contributed by atoms with Crippen LogP contribution in [-0.2, 0) is 11.4 Å². The highest BCUT2D eigenvalue weighted by molar-refractivity contribution is 7.99. The van der Waals surface area contributed by atoms with Gasteiger partial charge in [-0.15, -0.1) is 10.2 Å². The van der Waals surface area contributed by atoms with Crippen LogP contribution in [-0.4, -0.2) is 34.8 Å². The summed E-state index contributed by atoms with van der Waals surface area (Å²) in [5.74, 6) is 1.22. The molecule has 2 aromatic carbocycles. The van der Waals surface area contributed by atoms with Gasteiger partial charge in [0.15, 0.2) is 23.9 Å². The largest absolute Gasteiger partial charge is 0.493 e. The van der Waals surface area contributed by atoms with E-state index in [1.807, 2.05) is 12.1 Å². The molecule has 29 heavy (non-hydrogen) atoms. The molecule has 150 valence electrons. The van der Waals surface area contributed by atoms with Gasteiger partial charge in [0.05, 0.1) is 12.9 Å². The molecule has 0 aliphatic carbocycles. The van der Waals surface area contributed by atoms with Gasteiger partial charge < -0.3 is 19.2 Å². The molecular formula is C20H19N3O5S. The number of nitrogens with zero attached hydrogens (tertiary/aromatic N) is 2. The highest BCUT2D eigenvalue weighted by atomic mass is 32.2. The minimum atomic E-state index is -0.249. The number of amides is 1. The van der Waals surface area contributed by atoms with Gasteiger partial charge in [-0.25, -0.2) is 0 Å². The van der Waals surface area contributed by atoms with E-state index in [0.29, 0.717) is 22.7 Å². The maximum absolute atomic E-state index is 12.1. The average Bonchev–Trinajstić information content (AvgIpc) is 3.19. The summed E-state index contributed by atoms with van der Waals surface area (Å²) in [4.78, 5) is 23.5. The normalized spacial score (nSPS) is 10.4. The maximum Gasteiger partial charge on any atom is 0.277 e. The number of hydrogen-bond donors (Lipinski definition) is 1. The fraction of sp³-hybridized carbons (Fsp3) is 0.200. The lowest BCUT2D eigenvalue weighted by Crippen LogP contribution is -2.14. The second-order valence-electron chi connectivity index (χ2n) is 5.88. The van der Waals surface area contributed by atoms with E-state index in [4.69, 9.17) is 13.9 Å². The number of benzene rings is 2. The summed E-state index contributed by atoms with van der Waals surface area (Å²) < 4.78 is 16.3. The zero-order valence-corrected chi connectivity index (χ0v) is 16.7. The number of para-hydroxylation sites is 2. The molecule has 0 saturated heterocycles. The number of carbonyl (C=O) groups excluding carboxylic acids is 2. The first kappa shape index (κ1) is 20.4. The number of anilines is 1. The lowest BCUT2D eigenvalue weighted by molar-refractivity contribution is -0.113. The van der Waals surface area contributed by atoms with Gasteiger partial charge in [-0.05, 0) is 31.2 Å². The Labute approximate surface area is 171 Å². The van der Waals surface area contributed by atoms with Crippen molar-refractivity contribution in [2.75, 3.05) is 18.2 Å². The van der Waals surface area contributed by atoms with Crippen LogP contribution in [0, 0.1) is 0 Å². The minimum Gasteiger partial charge on any atom is -0.493 e. The zero-order valence-electron chi connectivity index (χ0n) is 15.9. The van der Waals surface area contributed by atoms with Crippen LogP contribution in [0.15, 0.2) is 58.2 Å². The average molecular weight is 413 g/mol. The predicted octanol–water partition coefficient (Wildman–Crippen LogP) is 3.59. The lowest BCUT2D eigenvalue weighted by atomic mass is 10.1. The molecule has 9 heteroatoms. The summed E-state index contributed by atoms with van der Waals surface area (Å²) in [6.45, 7) is 1.56. The van der Waals surface area contributed by atoms with Crippen molar-refractivity contribution in [1.29, 1.82) is 0 Å². The number of rotatable bonds is 9. The van der Waals surface area contributed by atoms with Crippen molar-refractivity contribution in [2.45, 2.75) is 18.8 Å². The van der Waals surface area contributed by atoms with Crippen LogP contribution in [0.2, 0.25) is 0 Å². The summed E-state index contributed by atoms with van der Waals surface area (Å²) >= 11 is 1.11.